The second-order valence-corrected chi connectivity index (χ2v) is 9.65. The van der Waals surface area contributed by atoms with E-state index in [-0.39, 0.29) is 47.4 Å². The van der Waals surface area contributed by atoms with Gasteiger partial charge in [-0.25, -0.2) is 4.79 Å². The van der Waals surface area contributed by atoms with Gasteiger partial charge in [0.25, 0.3) is 0 Å². The second-order valence-electron chi connectivity index (χ2n) is 9.65. The van der Waals surface area contributed by atoms with Gasteiger partial charge in [0.2, 0.25) is 11.8 Å². The van der Waals surface area contributed by atoms with Crippen LogP contribution in [-0.2, 0) is 19.8 Å². The first-order chi connectivity index (χ1) is 13.8. The van der Waals surface area contributed by atoms with Crippen molar-refractivity contribution in [2.24, 2.45) is 35.5 Å². The number of amides is 2. The van der Waals surface area contributed by atoms with Crippen LogP contribution in [-0.4, -0.2) is 29.2 Å². The fourth-order valence-electron chi connectivity index (χ4n) is 5.65. The molecule has 0 unspecified atom stereocenters. The number of likely N-dealkylation sites (tertiary alicyclic amines) is 1. The molecule has 1 aromatic rings. The summed E-state index contributed by atoms with van der Waals surface area (Å²) < 4.78 is 5.43. The fraction of sp³-hybridized carbons (Fsp3) is 0.542. The zero-order chi connectivity index (χ0) is 20.5. The zero-order valence-corrected chi connectivity index (χ0v) is 17.1. The molecule has 4 aliphatic carbocycles. The van der Waals surface area contributed by atoms with Crippen LogP contribution in [0.4, 0.5) is 0 Å². The van der Waals surface area contributed by atoms with E-state index in [1.54, 1.807) is 12.1 Å². The minimum absolute atomic E-state index is 0.0569. The lowest BCUT2D eigenvalue weighted by Gasteiger charge is -2.37. The third kappa shape index (κ3) is 2.77. The fourth-order valence-corrected chi connectivity index (χ4v) is 5.65. The molecular formula is C24H27NO4. The first-order valence-corrected chi connectivity index (χ1v) is 10.7. The molecule has 0 radical (unpaired) electrons. The van der Waals surface area contributed by atoms with Gasteiger partial charge in [-0.05, 0) is 59.6 Å². The van der Waals surface area contributed by atoms with Crippen molar-refractivity contribution in [2.45, 2.75) is 39.0 Å². The Morgan fingerprint density at radius 3 is 2.10 bits per heavy atom. The molecule has 3 fully saturated rings. The van der Waals surface area contributed by atoms with E-state index in [0.29, 0.717) is 17.6 Å². The van der Waals surface area contributed by atoms with Gasteiger partial charge in [0, 0.05) is 0 Å². The Labute approximate surface area is 171 Å². The molecule has 1 saturated heterocycles. The highest BCUT2D eigenvalue weighted by molar-refractivity contribution is 6.08. The molecule has 6 rings (SSSR count). The van der Waals surface area contributed by atoms with Crippen LogP contribution in [0.1, 0.15) is 39.2 Å². The van der Waals surface area contributed by atoms with E-state index in [1.807, 2.05) is 12.1 Å². The molecule has 152 valence electrons. The summed E-state index contributed by atoms with van der Waals surface area (Å²) in [5.74, 6) is 0.381. The van der Waals surface area contributed by atoms with Crippen LogP contribution >= 0.6 is 0 Å². The number of imide groups is 1. The van der Waals surface area contributed by atoms with Gasteiger partial charge in [0.1, 0.15) is 12.3 Å². The highest BCUT2D eigenvalue weighted by atomic mass is 16.5. The maximum atomic E-state index is 12.9. The van der Waals surface area contributed by atoms with Crippen LogP contribution in [0.3, 0.4) is 0 Å². The maximum Gasteiger partial charge on any atom is 0.331 e. The molecule has 0 N–H and O–H groups in total. The molecule has 1 aromatic carbocycles. The van der Waals surface area contributed by atoms with Crippen molar-refractivity contribution in [3.05, 3.63) is 42.0 Å². The van der Waals surface area contributed by atoms with Crippen LogP contribution in [0, 0.1) is 35.5 Å². The molecule has 5 nitrogen and oxygen atoms in total. The van der Waals surface area contributed by atoms with Gasteiger partial charge >= 0.3 is 5.97 Å². The highest BCUT2D eigenvalue weighted by Crippen LogP contribution is 2.65. The minimum atomic E-state index is -0.571. The van der Waals surface area contributed by atoms with E-state index in [1.165, 1.54) is 5.56 Å². The predicted molar refractivity (Wildman–Crippen MR) is 107 cm³/mol. The number of esters is 1. The summed E-state index contributed by atoms with van der Waals surface area (Å²) in [6.45, 7) is 6.18. The van der Waals surface area contributed by atoms with E-state index in [2.05, 4.69) is 32.9 Å². The molecule has 6 atom stereocenters. The first kappa shape index (κ1) is 18.6. The van der Waals surface area contributed by atoms with Crippen LogP contribution in [0.2, 0.25) is 0 Å². The molecule has 1 aliphatic heterocycles. The van der Waals surface area contributed by atoms with Crippen LogP contribution in [0.15, 0.2) is 36.4 Å². The van der Waals surface area contributed by atoms with E-state index >= 15 is 0 Å². The normalized spacial score (nSPS) is 34.2. The van der Waals surface area contributed by atoms with Gasteiger partial charge in [-0.1, -0.05) is 45.1 Å². The predicted octanol–water partition coefficient (Wildman–Crippen LogP) is 3.33. The molecule has 0 aromatic heterocycles. The number of rotatable bonds is 5. The molecule has 5 aliphatic rings. The standard InChI is InChI=1S/C24H27NO4/c1-4-24(2,3)13-5-7-14(8-6-13)29-19(26)12-25-22(27)20-15-9-10-16(18-11-17(15)18)21(20)23(25)28/h5-10,15-18,20-21H,4,11-12H2,1-3H3/t15-,16+,17-,18-,20+,21-/m1/s1. The number of hydrogen-bond acceptors (Lipinski definition) is 4. The first-order valence-electron chi connectivity index (χ1n) is 10.7. The van der Waals surface area contributed by atoms with Gasteiger partial charge in [-0.15, -0.1) is 0 Å². The van der Waals surface area contributed by atoms with Crippen molar-refractivity contribution in [2.75, 3.05) is 6.54 Å². The largest absolute Gasteiger partial charge is 0.425 e. The Kier molecular flexibility index (Phi) is 4.03. The van der Waals surface area contributed by atoms with Gasteiger partial charge in [-0.3, -0.25) is 14.5 Å². The number of nitrogens with zero attached hydrogens (tertiary/aromatic N) is 1. The molecule has 1 heterocycles. The second kappa shape index (κ2) is 6.28. The van der Waals surface area contributed by atoms with Crippen molar-refractivity contribution in [1.29, 1.82) is 0 Å². The molecule has 2 bridgehead atoms. The Hall–Kier alpha value is -2.43. The number of ether oxygens (including phenoxy) is 1. The van der Waals surface area contributed by atoms with Gasteiger partial charge in [0.05, 0.1) is 11.8 Å². The van der Waals surface area contributed by atoms with Crippen molar-refractivity contribution < 1.29 is 19.1 Å². The van der Waals surface area contributed by atoms with Crippen molar-refractivity contribution in [1.82, 2.24) is 4.90 Å². The van der Waals surface area contributed by atoms with E-state index in [9.17, 15) is 14.4 Å². The number of hydrogen-bond donors (Lipinski definition) is 0. The Balaban J connectivity index is 1.26. The molecule has 2 saturated carbocycles. The summed E-state index contributed by atoms with van der Waals surface area (Å²) >= 11 is 0. The average Bonchev–Trinajstić information content (AvgIpc) is 3.49. The van der Waals surface area contributed by atoms with Crippen LogP contribution < -0.4 is 4.74 Å². The smallest absolute Gasteiger partial charge is 0.331 e. The summed E-state index contributed by atoms with van der Waals surface area (Å²) in [5, 5.41) is 0. The zero-order valence-electron chi connectivity index (χ0n) is 17.1. The quantitative estimate of drug-likeness (QED) is 0.333. The van der Waals surface area contributed by atoms with Crippen LogP contribution in [0.5, 0.6) is 5.75 Å². The Morgan fingerprint density at radius 2 is 1.59 bits per heavy atom. The monoisotopic (exact) mass is 393 g/mol. The van der Waals surface area contributed by atoms with E-state index < -0.39 is 5.97 Å². The third-order valence-electron chi connectivity index (χ3n) is 7.79. The molecule has 0 spiro atoms. The topological polar surface area (TPSA) is 63.7 Å². The Morgan fingerprint density at radius 1 is 1.03 bits per heavy atom. The molecule has 2 amide bonds. The molecule has 5 heteroatoms. The molecular weight excluding hydrogens is 366 g/mol. The third-order valence-corrected chi connectivity index (χ3v) is 7.79. The van der Waals surface area contributed by atoms with Crippen molar-refractivity contribution in [3.8, 4) is 5.75 Å². The van der Waals surface area contributed by atoms with Gasteiger partial charge in [-0.2, -0.15) is 0 Å². The lowest BCUT2D eigenvalue weighted by atomic mass is 9.63. The Bertz CT molecular complexity index is 879. The van der Waals surface area contributed by atoms with Crippen molar-refractivity contribution in [3.63, 3.8) is 0 Å². The van der Waals surface area contributed by atoms with Gasteiger partial charge in [0.15, 0.2) is 0 Å². The van der Waals surface area contributed by atoms with Crippen LogP contribution in [0.25, 0.3) is 0 Å². The summed E-state index contributed by atoms with van der Waals surface area (Å²) in [6, 6.07) is 7.47. The summed E-state index contributed by atoms with van der Waals surface area (Å²) in [4.78, 5) is 39.5. The average molecular weight is 393 g/mol. The SMILES string of the molecule is CCC(C)(C)c1ccc(OC(=O)CN2C(=O)[C@@H]3[C@H]4C=C[C@H]([C@H]5C[C@H]45)[C@@H]3C2=O)cc1. The maximum absolute atomic E-state index is 12.9. The number of carbonyl (C=O) groups excluding carboxylic acids is 3. The van der Waals surface area contributed by atoms with E-state index in [4.69, 9.17) is 4.74 Å². The number of benzene rings is 1. The minimum Gasteiger partial charge on any atom is -0.425 e. The van der Waals surface area contributed by atoms with E-state index in [0.717, 1.165) is 17.7 Å². The lowest BCUT2D eigenvalue weighted by molar-refractivity contribution is -0.148. The number of allylic oxidation sites excluding steroid dienone is 2. The molecule has 29 heavy (non-hydrogen) atoms. The van der Waals surface area contributed by atoms with Gasteiger partial charge < -0.3 is 4.74 Å². The van der Waals surface area contributed by atoms with Crippen molar-refractivity contribution >= 4 is 17.8 Å². The highest BCUT2D eigenvalue weighted by Gasteiger charge is 2.67. The summed E-state index contributed by atoms with van der Waals surface area (Å²) in [6.07, 6.45) is 6.40. The number of carbonyl (C=O) groups is 3. The summed E-state index contributed by atoms with van der Waals surface area (Å²) in [7, 11) is 0. The summed E-state index contributed by atoms with van der Waals surface area (Å²) in [5.41, 5.74) is 1.23. The lowest BCUT2D eigenvalue weighted by Crippen LogP contribution is -2.40.